The number of aryl methyl sites for hydroxylation is 2. The van der Waals surface area contributed by atoms with Crippen LogP contribution in [0.2, 0.25) is 0 Å². The number of nitrogens with zero attached hydrogens (tertiary/aromatic N) is 1. The smallest absolute Gasteiger partial charge is 0.329 e. The quantitative estimate of drug-likeness (QED) is 0.653. The predicted molar refractivity (Wildman–Crippen MR) is 102 cm³/mol. The van der Waals surface area contributed by atoms with Crippen molar-refractivity contribution in [1.82, 2.24) is 15.3 Å². The summed E-state index contributed by atoms with van der Waals surface area (Å²) < 4.78 is 42.1. The number of aromatic amines is 1. The number of hydrogen-bond acceptors (Lipinski definition) is 5. The number of fused-ring (bicyclic) bond motifs is 1. The summed E-state index contributed by atoms with van der Waals surface area (Å²) in [6.07, 6.45) is -4.75. The van der Waals surface area contributed by atoms with Crippen molar-refractivity contribution < 1.29 is 18.0 Å². The van der Waals surface area contributed by atoms with E-state index in [-0.39, 0.29) is 11.4 Å². The summed E-state index contributed by atoms with van der Waals surface area (Å²) in [5, 5.41) is 1.21. The van der Waals surface area contributed by atoms with Gasteiger partial charge in [-0.3, -0.25) is 9.59 Å². The Hall–Kier alpha value is -2.33. The van der Waals surface area contributed by atoms with Crippen molar-refractivity contribution in [3.63, 3.8) is 0 Å². The van der Waals surface area contributed by atoms with Crippen molar-refractivity contribution in [3.05, 3.63) is 62.5 Å². The van der Waals surface area contributed by atoms with Gasteiger partial charge in [-0.1, -0.05) is 42.1 Å². The van der Waals surface area contributed by atoms with E-state index in [1.807, 2.05) is 6.92 Å². The second kappa shape index (κ2) is 6.35. The Morgan fingerprint density at radius 1 is 1.14 bits per heavy atom. The zero-order valence-corrected chi connectivity index (χ0v) is 16.3. The molecule has 0 bridgehead atoms. The van der Waals surface area contributed by atoms with Gasteiger partial charge in [0.05, 0.1) is 5.39 Å². The van der Waals surface area contributed by atoms with Gasteiger partial charge in [-0.05, 0) is 25.0 Å². The zero-order chi connectivity index (χ0) is 20.3. The molecule has 2 atom stereocenters. The molecular formula is C18H14F3N3O2S2. The molecule has 0 spiro atoms. The zero-order valence-electron chi connectivity index (χ0n) is 14.7. The summed E-state index contributed by atoms with van der Waals surface area (Å²) in [4.78, 5) is 30.5. The van der Waals surface area contributed by atoms with E-state index in [1.165, 1.54) is 35.6 Å². The largest absolute Gasteiger partial charge is 0.425 e. The maximum absolute atomic E-state index is 14.0. The topological polar surface area (TPSA) is 74.8 Å². The molecular weight excluding hydrogens is 411 g/mol. The third kappa shape index (κ3) is 2.74. The maximum atomic E-state index is 14.0. The van der Waals surface area contributed by atoms with Crippen molar-refractivity contribution in [1.29, 1.82) is 0 Å². The van der Waals surface area contributed by atoms with E-state index in [0.29, 0.717) is 22.0 Å². The number of H-pyrrole nitrogens is 1. The number of hydrogen-bond donors (Lipinski definition) is 2. The number of nitrogens with one attached hydrogen (secondary N) is 2. The number of amides is 1. The predicted octanol–water partition coefficient (Wildman–Crippen LogP) is 3.92. The normalized spacial score (nSPS) is 22.6. The molecule has 1 aliphatic heterocycles. The Balaban J connectivity index is 1.83. The molecule has 1 amide bonds. The highest BCUT2D eigenvalue weighted by Gasteiger charge is 2.64. The van der Waals surface area contributed by atoms with Crippen LogP contribution in [0.5, 0.6) is 0 Å². The van der Waals surface area contributed by atoms with E-state index in [2.05, 4.69) is 15.3 Å². The summed E-state index contributed by atoms with van der Waals surface area (Å²) in [5.74, 6) is -0.929. The molecule has 146 valence electrons. The highest BCUT2D eigenvalue weighted by molar-refractivity contribution is 8.01. The molecule has 4 rings (SSSR count). The SMILES string of the molecule is Cc1sc2nc([C@H]3S[C@@](c4ccccc4)(C(F)(F)F)NC3=O)[nH]c(=O)c2c1C. The van der Waals surface area contributed by atoms with Gasteiger partial charge in [0.25, 0.3) is 5.56 Å². The Kier molecular flexibility index (Phi) is 4.31. The Morgan fingerprint density at radius 3 is 2.46 bits per heavy atom. The number of alkyl halides is 3. The molecule has 0 unspecified atom stereocenters. The molecule has 3 heterocycles. The number of benzene rings is 1. The second-order valence-corrected chi connectivity index (χ2v) is 8.97. The number of carbonyl (C=O) groups is 1. The van der Waals surface area contributed by atoms with Crippen LogP contribution in [-0.2, 0) is 9.67 Å². The molecule has 0 saturated carbocycles. The van der Waals surface area contributed by atoms with Gasteiger partial charge in [0.2, 0.25) is 10.8 Å². The molecule has 2 aromatic heterocycles. The van der Waals surface area contributed by atoms with E-state index in [9.17, 15) is 22.8 Å². The standard InChI is InChI=1S/C18H14F3N3O2S2/c1-8-9(2)27-16-11(8)14(25)22-13(23-16)12-15(26)24-17(28-12,18(19,20)21)10-6-4-3-5-7-10/h3-7,12H,1-2H3,(H,24,26)(H,22,23,25)/t12-,17+/m1/s1. The fourth-order valence-electron chi connectivity index (χ4n) is 3.19. The summed E-state index contributed by atoms with van der Waals surface area (Å²) in [6, 6.07) is 7.18. The molecule has 28 heavy (non-hydrogen) atoms. The second-order valence-electron chi connectivity index (χ2n) is 6.45. The number of thiophene rings is 1. The molecule has 2 N–H and O–H groups in total. The van der Waals surface area contributed by atoms with Crippen LogP contribution in [-0.4, -0.2) is 22.1 Å². The van der Waals surface area contributed by atoms with Crippen LogP contribution in [0.1, 0.15) is 27.1 Å². The summed E-state index contributed by atoms with van der Waals surface area (Å²) >= 11 is 1.67. The number of carbonyl (C=O) groups excluding carboxylic acids is 1. The monoisotopic (exact) mass is 425 g/mol. The molecule has 5 nitrogen and oxygen atoms in total. The van der Waals surface area contributed by atoms with Gasteiger partial charge in [0.15, 0.2) is 0 Å². The first kappa shape index (κ1) is 19.0. The van der Waals surface area contributed by atoms with Crippen molar-refractivity contribution >= 4 is 39.2 Å². The van der Waals surface area contributed by atoms with Crippen molar-refractivity contribution in [2.75, 3.05) is 0 Å². The first-order valence-corrected chi connectivity index (χ1v) is 9.95. The Morgan fingerprint density at radius 2 is 1.82 bits per heavy atom. The fraction of sp³-hybridized carbons (Fsp3) is 0.278. The molecule has 3 aromatic rings. The van der Waals surface area contributed by atoms with E-state index < -0.39 is 27.8 Å². The van der Waals surface area contributed by atoms with E-state index >= 15 is 0 Å². The highest BCUT2D eigenvalue weighted by atomic mass is 32.2. The molecule has 0 radical (unpaired) electrons. The first-order valence-electron chi connectivity index (χ1n) is 8.26. The van der Waals surface area contributed by atoms with E-state index in [0.717, 1.165) is 10.4 Å². The molecule has 10 heteroatoms. The lowest BCUT2D eigenvalue weighted by Gasteiger charge is -2.31. The van der Waals surface area contributed by atoms with Gasteiger partial charge in [-0.25, -0.2) is 4.98 Å². The van der Waals surface area contributed by atoms with E-state index in [4.69, 9.17) is 0 Å². The van der Waals surface area contributed by atoms with Crippen LogP contribution in [0, 0.1) is 13.8 Å². The van der Waals surface area contributed by atoms with Gasteiger partial charge < -0.3 is 10.3 Å². The molecule has 0 aliphatic carbocycles. The summed E-state index contributed by atoms with van der Waals surface area (Å²) in [6.45, 7) is 3.62. The maximum Gasteiger partial charge on any atom is 0.425 e. The van der Waals surface area contributed by atoms with Crippen LogP contribution in [0.15, 0.2) is 35.1 Å². The van der Waals surface area contributed by atoms with Crippen LogP contribution < -0.4 is 10.9 Å². The molecule has 1 saturated heterocycles. The van der Waals surface area contributed by atoms with Crippen molar-refractivity contribution in [2.45, 2.75) is 30.1 Å². The minimum absolute atomic E-state index is 0.0803. The third-order valence-corrected chi connectivity index (χ3v) is 7.41. The third-order valence-electron chi connectivity index (χ3n) is 4.72. The minimum atomic E-state index is -4.75. The minimum Gasteiger partial charge on any atom is -0.329 e. The van der Waals surface area contributed by atoms with Gasteiger partial charge in [0, 0.05) is 4.88 Å². The highest BCUT2D eigenvalue weighted by Crippen LogP contribution is 2.56. The van der Waals surface area contributed by atoms with Crippen molar-refractivity contribution in [2.24, 2.45) is 0 Å². The van der Waals surface area contributed by atoms with Gasteiger partial charge >= 0.3 is 6.18 Å². The Labute approximate surface area is 165 Å². The van der Waals surface area contributed by atoms with Crippen LogP contribution >= 0.6 is 23.1 Å². The fourth-order valence-corrected chi connectivity index (χ4v) is 5.53. The number of halogens is 3. The van der Waals surface area contributed by atoms with Crippen LogP contribution in [0.4, 0.5) is 13.2 Å². The van der Waals surface area contributed by atoms with Crippen LogP contribution in [0.3, 0.4) is 0 Å². The van der Waals surface area contributed by atoms with Gasteiger partial charge in [-0.2, -0.15) is 13.2 Å². The average Bonchev–Trinajstić information content (AvgIpc) is 3.13. The van der Waals surface area contributed by atoms with Gasteiger partial charge in [0.1, 0.15) is 15.9 Å². The van der Waals surface area contributed by atoms with Crippen LogP contribution in [0.25, 0.3) is 10.2 Å². The first-order chi connectivity index (χ1) is 13.1. The molecule has 1 aliphatic rings. The lowest BCUT2D eigenvalue weighted by Crippen LogP contribution is -2.49. The Bertz CT molecular complexity index is 1140. The van der Waals surface area contributed by atoms with E-state index in [1.54, 1.807) is 13.0 Å². The number of rotatable bonds is 2. The summed E-state index contributed by atoms with van der Waals surface area (Å²) in [7, 11) is 0. The molecule has 1 aromatic carbocycles. The number of thioether (sulfide) groups is 1. The van der Waals surface area contributed by atoms with Crippen molar-refractivity contribution in [3.8, 4) is 0 Å². The van der Waals surface area contributed by atoms with Gasteiger partial charge in [-0.15, -0.1) is 11.3 Å². The lowest BCUT2D eigenvalue weighted by atomic mass is 10.1. The number of aromatic nitrogens is 2. The average molecular weight is 425 g/mol. The molecule has 1 fully saturated rings. The lowest BCUT2D eigenvalue weighted by molar-refractivity contribution is -0.171. The summed E-state index contributed by atoms with van der Waals surface area (Å²) in [5.41, 5.74) is 0.229.